The summed E-state index contributed by atoms with van der Waals surface area (Å²) in [5, 5.41) is 0. The highest BCUT2D eigenvalue weighted by atomic mass is 14.9. The van der Waals surface area contributed by atoms with Gasteiger partial charge in [-0.05, 0) is 12.0 Å². The highest BCUT2D eigenvalue weighted by molar-refractivity contribution is 4.92. The molecule has 0 aliphatic rings. The number of hydrogen-bond acceptors (Lipinski definition) is 2. The highest BCUT2D eigenvalue weighted by Gasteiger charge is 2.16. The van der Waals surface area contributed by atoms with Crippen LogP contribution in [0.5, 0.6) is 0 Å². The van der Waals surface area contributed by atoms with Crippen molar-refractivity contribution < 1.29 is 0 Å². The first-order chi connectivity index (χ1) is 5.14. The Hall–Kier alpha value is -0.830. The van der Waals surface area contributed by atoms with Gasteiger partial charge in [0.1, 0.15) is 5.82 Å². The molecular formula is C8H15N3. The van der Waals surface area contributed by atoms with Gasteiger partial charge in [0.05, 0.1) is 0 Å². The summed E-state index contributed by atoms with van der Waals surface area (Å²) in [5.74, 6) is 1.01. The van der Waals surface area contributed by atoms with Crippen LogP contribution in [0.1, 0.15) is 19.7 Å². The van der Waals surface area contributed by atoms with E-state index in [4.69, 9.17) is 5.73 Å². The lowest BCUT2D eigenvalue weighted by molar-refractivity contribution is 0.369. The van der Waals surface area contributed by atoms with E-state index in [9.17, 15) is 0 Å². The number of imidazole rings is 1. The van der Waals surface area contributed by atoms with Crippen LogP contribution in [0.3, 0.4) is 0 Å². The second-order valence-corrected chi connectivity index (χ2v) is 3.58. The summed E-state index contributed by atoms with van der Waals surface area (Å²) in [6, 6.07) is 0. The Labute approximate surface area is 67.0 Å². The summed E-state index contributed by atoms with van der Waals surface area (Å²) in [6.07, 6.45) is 4.51. The van der Waals surface area contributed by atoms with Crippen molar-refractivity contribution >= 4 is 0 Å². The standard InChI is InChI=1S/C8H15N3/c1-8(2,6-9)5-7-10-3-4-11-7/h3-4H,5-6,9H2,1-2H3,(H,10,11). The Morgan fingerprint density at radius 2 is 2.36 bits per heavy atom. The Morgan fingerprint density at radius 3 is 2.82 bits per heavy atom. The van der Waals surface area contributed by atoms with Crippen LogP contribution in [0, 0.1) is 5.41 Å². The summed E-state index contributed by atoms with van der Waals surface area (Å²) in [7, 11) is 0. The zero-order valence-corrected chi connectivity index (χ0v) is 7.09. The molecule has 3 N–H and O–H groups in total. The lowest BCUT2D eigenvalue weighted by atomic mass is 9.89. The van der Waals surface area contributed by atoms with Gasteiger partial charge in [-0.3, -0.25) is 0 Å². The van der Waals surface area contributed by atoms with Crippen LogP contribution in [-0.4, -0.2) is 16.5 Å². The van der Waals surface area contributed by atoms with E-state index >= 15 is 0 Å². The fourth-order valence-corrected chi connectivity index (χ4v) is 0.920. The quantitative estimate of drug-likeness (QED) is 0.679. The Kier molecular flexibility index (Phi) is 2.29. The Balaban J connectivity index is 2.56. The van der Waals surface area contributed by atoms with Crippen LogP contribution in [0.2, 0.25) is 0 Å². The van der Waals surface area contributed by atoms with Crippen molar-refractivity contribution in [3.05, 3.63) is 18.2 Å². The third-order valence-corrected chi connectivity index (χ3v) is 1.75. The van der Waals surface area contributed by atoms with Crippen LogP contribution in [0.4, 0.5) is 0 Å². The van der Waals surface area contributed by atoms with E-state index in [2.05, 4.69) is 23.8 Å². The Morgan fingerprint density at radius 1 is 1.64 bits per heavy atom. The zero-order valence-electron chi connectivity index (χ0n) is 7.09. The molecule has 1 rings (SSSR count). The van der Waals surface area contributed by atoms with E-state index in [0.29, 0.717) is 6.54 Å². The molecule has 1 aromatic rings. The predicted octanol–water partition coefficient (Wildman–Crippen LogP) is 0.937. The number of nitrogens with zero attached hydrogens (tertiary/aromatic N) is 1. The van der Waals surface area contributed by atoms with Crippen molar-refractivity contribution in [3.8, 4) is 0 Å². The van der Waals surface area contributed by atoms with Gasteiger partial charge in [0, 0.05) is 18.8 Å². The van der Waals surface area contributed by atoms with Gasteiger partial charge in [-0.15, -0.1) is 0 Å². The molecule has 3 nitrogen and oxygen atoms in total. The van der Waals surface area contributed by atoms with E-state index in [1.807, 2.05) is 6.20 Å². The van der Waals surface area contributed by atoms with Crippen molar-refractivity contribution in [3.63, 3.8) is 0 Å². The van der Waals surface area contributed by atoms with Crippen molar-refractivity contribution in [2.45, 2.75) is 20.3 Å². The number of hydrogen-bond donors (Lipinski definition) is 2. The molecule has 0 atom stereocenters. The first-order valence-electron chi connectivity index (χ1n) is 3.82. The molecule has 0 aliphatic heterocycles. The lowest BCUT2D eigenvalue weighted by Crippen LogP contribution is -2.26. The molecule has 0 saturated heterocycles. The lowest BCUT2D eigenvalue weighted by Gasteiger charge is -2.20. The molecule has 0 aromatic carbocycles. The van der Waals surface area contributed by atoms with Gasteiger partial charge in [-0.25, -0.2) is 4.98 Å². The summed E-state index contributed by atoms with van der Waals surface area (Å²) in [6.45, 7) is 4.96. The number of rotatable bonds is 3. The maximum absolute atomic E-state index is 5.58. The average Bonchev–Trinajstić information content (AvgIpc) is 2.39. The highest BCUT2D eigenvalue weighted by Crippen LogP contribution is 2.17. The van der Waals surface area contributed by atoms with Crippen LogP contribution in [0.25, 0.3) is 0 Å². The van der Waals surface area contributed by atoms with Crippen molar-refractivity contribution in [1.82, 2.24) is 9.97 Å². The molecule has 0 fully saturated rings. The predicted molar refractivity (Wildman–Crippen MR) is 45.1 cm³/mol. The van der Waals surface area contributed by atoms with Gasteiger partial charge in [-0.2, -0.15) is 0 Å². The maximum atomic E-state index is 5.58. The minimum absolute atomic E-state index is 0.151. The van der Waals surface area contributed by atoms with Gasteiger partial charge < -0.3 is 10.7 Å². The van der Waals surface area contributed by atoms with E-state index in [0.717, 1.165) is 12.2 Å². The zero-order chi connectivity index (χ0) is 8.32. The van der Waals surface area contributed by atoms with Crippen LogP contribution >= 0.6 is 0 Å². The normalized spacial score (nSPS) is 11.9. The third-order valence-electron chi connectivity index (χ3n) is 1.75. The van der Waals surface area contributed by atoms with Gasteiger partial charge in [0.15, 0.2) is 0 Å². The summed E-state index contributed by atoms with van der Waals surface area (Å²) in [5.41, 5.74) is 5.73. The summed E-state index contributed by atoms with van der Waals surface area (Å²) < 4.78 is 0. The molecule has 0 amide bonds. The van der Waals surface area contributed by atoms with E-state index in [1.54, 1.807) is 6.20 Å². The molecule has 0 unspecified atom stereocenters. The number of H-pyrrole nitrogens is 1. The minimum atomic E-state index is 0.151. The second kappa shape index (κ2) is 3.05. The largest absolute Gasteiger partial charge is 0.349 e. The van der Waals surface area contributed by atoms with Crippen molar-refractivity contribution in [2.24, 2.45) is 11.1 Å². The SMILES string of the molecule is CC(C)(CN)Cc1ncc[nH]1. The Bertz CT molecular complexity index is 201. The summed E-state index contributed by atoms with van der Waals surface area (Å²) in [4.78, 5) is 7.20. The van der Waals surface area contributed by atoms with Gasteiger partial charge >= 0.3 is 0 Å². The molecule has 0 spiro atoms. The number of nitrogens with two attached hydrogens (primary N) is 1. The topological polar surface area (TPSA) is 54.7 Å². The molecule has 62 valence electrons. The molecule has 0 saturated carbocycles. The van der Waals surface area contributed by atoms with Crippen LogP contribution in [-0.2, 0) is 6.42 Å². The number of nitrogens with one attached hydrogen (secondary N) is 1. The molecule has 3 heteroatoms. The molecule has 1 heterocycles. The molecular weight excluding hydrogens is 138 g/mol. The van der Waals surface area contributed by atoms with Crippen molar-refractivity contribution in [1.29, 1.82) is 0 Å². The van der Waals surface area contributed by atoms with Gasteiger partial charge in [0.2, 0.25) is 0 Å². The van der Waals surface area contributed by atoms with Gasteiger partial charge in [0.25, 0.3) is 0 Å². The molecule has 0 radical (unpaired) electrons. The average molecular weight is 153 g/mol. The van der Waals surface area contributed by atoms with Crippen LogP contribution < -0.4 is 5.73 Å². The second-order valence-electron chi connectivity index (χ2n) is 3.58. The molecule has 11 heavy (non-hydrogen) atoms. The first kappa shape index (κ1) is 8.27. The summed E-state index contributed by atoms with van der Waals surface area (Å²) >= 11 is 0. The van der Waals surface area contributed by atoms with E-state index < -0.39 is 0 Å². The molecule has 1 aromatic heterocycles. The van der Waals surface area contributed by atoms with Crippen molar-refractivity contribution in [2.75, 3.05) is 6.54 Å². The fourth-order valence-electron chi connectivity index (χ4n) is 0.920. The number of aromatic amines is 1. The van der Waals surface area contributed by atoms with E-state index in [1.165, 1.54) is 0 Å². The fraction of sp³-hybridized carbons (Fsp3) is 0.625. The first-order valence-corrected chi connectivity index (χ1v) is 3.82. The van der Waals surface area contributed by atoms with Crippen LogP contribution in [0.15, 0.2) is 12.4 Å². The molecule has 0 bridgehead atoms. The molecule has 0 aliphatic carbocycles. The maximum Gasteiger partial charge on any atom is 0.106 e. The van der Waals surface area contributed by atoms with E-state index in [-0.39, 0.29) is 5.41 Å². The number of aromatic nitrogens is 2. The monoisotopic (exact) mass is 153 g/mol. The minimum Gasteiger partial charge on any atom is -0.349 e. The smallest absolute Gasteiger partial charge is 0.106 e. The third kappa shape index (κ3) is 2.35. The van der Waals surface area contributed by atoms with Gasteiger partial charge in [-0.1, -0.05) is 13.8 Å².